The maximum absolute atomic E-state index is 11.0. The van der Waals surface area contributed by atoms with Crippen LogP contribution in [-0.2, 0) is 9.53 Å². The summed E-state index contributed by atoms with van der Waals surface area (Å²) in [4.78, 5) is 11.0. The standard InChI is InChI=1S/C11H16O4/c1-2-3-5-10(15-11(13)8-12)9-6-4-7-14-9/h4,6-7,10,12H,2-3,5,8H2,1H3. The molecular weight excluding hydrogens is 196 g/mol. The molecule has 1 aromatic heterocycles. The van der Waals surface area contributed by atoms with Crippen molar-refractivity contribution in [1.29, 1.82) is 0 Å². The van der Waals surface area contributed by atoms with E-state index in [0.717, 1.165) is 19.3 Å². The molecule has 4 heteroatoms. The van der Waals surface area contributed by atoms with E-state index in [4.69, 9.17) is 14.3 Å². The third-order valence-electron chi connectivity index (χ3n) is 2.08. The van der Waals surface area contributed by atoms with Crippen LogP contribution in [0.4, 0.5) is 0 Å². The molecule has 0 aromatic carbocycles. The predicted octanol–water partition coefficient (Wildman–Crippen LogP) is 2.05. The first-order chi connectivity index (χ1) is 7.27. The highest BCUT2D eigenvalue weighted by Crippen LogP contribution is 2.23. The average Bonchev–Trinajstić information content (AvgIpc) is 2.77. The highest BCUT2D eigenvalue weighted by atomic mass is 16.6. The number of ether oxygens (including phenoxy) is 1. The Balaban J connectivity index is 2.57. The maximum Gasteiger partial charge on any atom is 0.332 e. The van der Waals surface area contributed by atoms with Gasteiger partial charge in [-0.25, -0.2) is 4.79 Å². The second-order valence-electron chi connectivity index (χ2n) is 3.29. The van der Waals surface area contributed by atoms with Crippen LogP contribution in [0.15, 0.2) is 22.8 Å². The number of hydrogen-bond acceptors (Lipinski definition) is 4. The van der Waals surface area contributed by atoms with Crippen molar-refractivity contribution in [3.05, 3.63) is 24.2 Å². The van der Waals surface area contributed by atoms with Crippen LogP contribution >= 0.6 is 0 Å². The first-order valence-corrected chi connectivity index (χ1v) is 5.11. The van der Waals surface area contributed by atoms with Crippen molar-refractivity contribution in [2.45, 2.75) is 32.3 Å². The summed E-state index contributed by atoms with van der Waals surface area (Å²) in [6, 6.07) is 3.52. The normalized spacial score (nSPS) is 12.4. The predicted molar refractivity (Wildman–Crippen MR) is 54.2 cm³/mol. The molecular formula is C11H16O4. The van der Waals surface area contributed by atoms with E-state index in [-0.39, 0.29) is 6.10 Å². The number of carbonyl (C=O) groups is 1. The molecule has 0 bridgehead atoms. The highest BCUT2D eigenvalue weighted by molar-refractivity contribution is 5.70. The molecule has 0 saturated heterocycles. The summed E-state index contributed by atoms with van der Waals surface area (Å²) in [7, 11) is 0. The van der Waals surface area contributed by atoms with Crippen molar-refractivity contribution in [2.24, 2.45) is 0 Å². The zero-order valence-electron chi connectivity index (χ0n) is 8.81. The van der Waals surface area contributed by atoms with E-state index in [1.165, 1.54) is 0 Å². The van der Waals surface area contributed by atoms with Gasteiger partial charge in [-0.05, 0) is 25.0 Å². The number of unbranched alkanes of at least 4 members (excludes halogenated alkanes) is 1. The third-order valence-corrected chi connectivity index (χ3v) is 2.08. The van der Waals surface area contributed by atoms with Crippen molar-refractivity contribution in [3.63, 3.8) is 0 Å². The fourth-order valence-corrected chi connectivity index (χ4v) is 1.32. The fourth-order valence-electron chi connectivity index (χ4n) is 1.32. The molecule has 1 unspecified atom stereocenters. The van der Waals surface area contributed by atoms with E-state index in [9.17, 15) is 4.79 Å². The van der Waals surface area contributed by atoms with Crippen molar-refractivity contribution in [2.75, 3.05) is 6.61 Å². The summed E-state index contributed by atoms with van der Waals surface area (Å²) in [5.41, 5.74) is 0. The SMILES string of the molecule is CCCCC(OC(=O)CO)c1ccco1. The molecule has 0 aliphatic carbocycles. The smallest absolute Gasteiger partial charge is 0.332 e. The largest absolute Gasteiger partial charge is 0.465 e. The van der Waals surface area contributed by atoms with Crippen molar-refractivity contribution in [3.8, 4) is 0 Å². The molecule has 0 spiro atoms. The lowest BCUT2D eigenvalue weighted by atomic mass is 10.1. The van der Waals surface area contributed by atoms with Crippen LogP contribution < -0.4 is 0 Å². The number of aliphatic hydroxyl groups excluding tert-OH is 1. The lowest BCUT2D eigenvalue weighted by Crippen LogP contribution is -2.14. The minimum absolute atomic E-state index is 0.375. The van der Waals surface area contributed by atoms with Gasteiger partial charge >= 0.3 is 5.97 Å². The zero-order valence-corrected chi connectivity index (χ0v) is 8.81. The van der Waals surface area contributed by atoms with Crippen LogP contribution in [0.1, 0.15) is 38.1 Å². The Kier molecular flexibility index (Phi) is 4.90. The first-order valence-electron chi connectivity index (χ1n) is 5.11. The Morgan fingerprint density at radius 1 is 1.67 bits per heavy atom. The Labute approximate surface area is 88.8 Å². The molecule has 0 aliphatic heterocycles. The second-order valence-corrected chi connectivity index (χ2v) is 3.29. The molecule has 4 nitrogen and oxygen atoms in total. The molecule has 0 aliphatic rings. The van der Waals surface area contributed by atoms with Gasteiger partial charge < -0.3 is 14.3 Å². The van der Waals surface area contributed by atoms with Gasteiger partial charge in [0.05, 0.1) is 6.26 Å². The quantitative estimate of drug-likeness (QED) is 0.733. The van der Waals surface area contributed by atoms with Gasteiger partial charge in [-0.15, -0.1) is 0 Å². The molecule has 1 atom stereocenters. The van der Waals surface area contributed by atoms with E-state index in [1.54, 1.807) is 18.4 Å². The maximum atomic E-state index is 11.0. The second kappa shape index (κ2) is 6.24. The van der Waals surface area contributed by atoms with Gasteiger partial charge in [0, 0.05) is 0 Å². The Morgan fingerprint density at radius 3 is 3.00 bits per heavy atom. The molecule has 15 heavy (non-hydrogen) atoms. The monoisotopic (exact) mass is 212 g/mol. The Hall–Kier alpha value is -1.29. The van der Waals surface area contributed by atoms with Gasteiger partial charge in [0.1, 0.15) is 12.4 Å². The van der Waals surface area contributed by atoms with E-state index in [1.807, 2.05) is 0 Å². The van der Waals surface area contributed by atoms with Gasteiger partial charge in [-0.1, -0.05) is 13.3 Å². The van der Waals surface area contributed by atoms with Crippen LogP contribution in [0.5, 0.6) is 0 Å². The van der Waals surface area contributed by atoms with Gasteiger partial charge in [0.15, 0.2) is 6.10 Å². The van der Waals surface area contributed by atoms with E-state index in [2.05, 4.69) is 6.92 Å². The zero-order chi connectivity index (χ0) is 11.1. The molecule has 1 rings (SSSR count). The average molecular weight is 212 g/mol. The van der Waals surface area contributed by atoms with Crippen molar-refractivity contribution >= 4 is 5.97 Å². The summed E-state index contributed by atoms with van der Waals surface area (Å²) in [5, 5.41) is 8.60. The van der Waals surface area contributed by atoms with E-state index < -0.39 is 12.6 Å². The number of esters is 1. The van der Waals surface area contributed by atoms with E-state index >= 15 is 0 Å². The lowest BCUT2D eigenvalue weighted by molar-refractivity contribution is -0.154. The summed E-state index contributed by atoms with van der Waals surface area (Å²) >= 11 is 0. The van der Waals surface area contributed by atoms with Gasteiger partial charge in [-0.2, -0.15) is 0 Å². The van der Waals surface area contributed by atoms with Crippen molar-refractivity contribution < 1.29 is 19.1 Å². The summed E-state index contributed by atoms with van der Waals surface area (Å²) in [5.74, 6) is 0.0118. The summed E-state index contributed by atoms with van der Waals surface area (Å²) < 4.78 is 10.2. The van der Waals surface area contributed by atoms with Crippen molar-refractivity contribution in [1.82, 2.24) is 0 Å². The van der Waals surface area contributed by atoms with Crippen LogP contribution in [0.3, 0.4) is 0 Å². The van der Waals surface area contributed by atoms with E-state index in [0.29, 0.717) is 5.76 Å². The Bertz CT molecular complexity index is 279. The topological polar surface area (TPSA) is 59.7 Å². The van der Waals surface area contributed by atoms with Gasteiger partial charge in [0.25, 0.3) is 0 Å². The molecule has 84 valence electrons. The minimum atomic E-state index is -0.618. The molecule has 1 aromatic rings. The summed E-state index contributed by atoms with van der Waals surface area (Å²) in [6.07, 6.45) is 3.86. The molecule has 0 amide bonds. The molecule has 0 fully saturated rings. The number of rotatable bonds is 6. The first kappa shape index (κ1) is 11.8. The lowest BCUT2D eigenvalue weighted by Gasteiger charge is -2.14. The summed E-state index contributed by atoms with van der Waals surface area (Å²) in [6.45, 7) is 1.47. The fraction of sp³-hybridized carbons (Fsp3) is 0.545. The van der Waals surface area contributed by atoms with Crippen LogP contribution in [0.25, 0.3) is 0 Å². The molecule has 1 heterocycles. The highest BCUT2D eigenvalue weighted by Gasteiger charge is 2.18. The van der Waals surface area contributed by atoms with Crippen LogP contribution in [0.2, 0.25) is 0 Å². The van der Waals surface area contributed by atoms with Crippen LogP contribution in [0, 0.1) is 0 Å². The van der Waals surface area contributed by atoms with Gasteiger partial charge in [0.2, 0.25) is 0 Å². The number of furan rings is 1. The minimum Gasteiger partial charge on any atom is -0.465 e. The number of hydrogen-bond donors (Lipinski definition) is 1. The number of aliphatic hydroxyl groups is 1. The van der Waals surface area contributed by atoms with Gasteiger partial charge in [-0.3, -0.25) is 0 Å². The Morgan fingerprint density at radius 2 is 2.47 bits per heavy atom. The molecule has 0 radical (unpaired) electrons. The molecule has 0 saturated carbocycles. The molecule has 1 N–H and O–H groups in total. The van der Waals surface area contributed by atoms with Crippen LogP contribution in [-0.4, -0.2) is 17.7 Å². The third kappa shape index (κ3) is 3.75. The number of carbonyl (C=O) groups excluding carboxylic acids is 1.